The van der Waals surface area contributed by atoms with Gasteiger partial charge in [0.2, 0.25) is 0 Å². The molecule has 0 amide bonds. The molecule has 1 atom stereocenters. The first kappa shape index (κ1) is 19.1. The van der Waals surface area contributed by atoms with Crippen molar-refractivity contribution in [2.45, 2.75) is 90.1 Å². The molecule has 0 aliphatic carbocycles. The molecule has 0 spiro atoms. The lowest BCUT2D eigenvalue weighted by Gasteiger charge is -2.05. The number of thiol groups is 1. The normalized spacial score (nSPS) is 13.2. The second-order valence-electron chi connectivity index (χ2n) is 5.50. The highest BCUT2D eigenvalue weighted by atomic mass is 32.1. The summed E-state index contributed by atoms with van der Waals surface area (Å²) in [4.78, 5) is 0. The van der Waals surface area contributed by atoms with E-state index in [1.807, 2.05) is 0 Å². The Morgan fingerprint density at radius 3 is 1.95 bits per heavy atom. The molecule has 0 saturated carbocycles. The van der Waals surface area contributed by atoms with Crippen LogP contribution in [0.15, 0.2) is 12.2 Å². The van der Waals surface area contributed by atoms with Crippen molar-refractivity contribution in [3.8, 4) is 0 Å². The predicted molar refractivity (Wildman–Crippen MR) is 90.1 cm³/mol. The third-order valence-electron chi connectivity index (χ3n) is 3.51. The molecular formula is C17H34OS. The molecule has 2 heteroatoms. The number of aliphatic hydroxyl groups is 1. The molecule has 0 aromatic carbocycles. The topological polar surface area (TPSA) is 20.2 Å². The number of aliphatic hydroxyl groups excluding tert-OH is 1. The molecule has 0 rings (SSSR count). The molecule has 0 aromatic rings. The maximum atomic E-state index is 9.34. The first-order chi connectivity index (χ1) is 9.31. The predicted octanol–water partition coefficient (Wildman–Crippen LogP) is 5.53. The standard InChI is InChI=1S/C17H34OS/c1-2-3-4-5-6-7-8-9-10-11-12-13-14-15-17(18)16-19/h9-10,17-19H,2-8,11-16H2,1H3/b10-9-. The van der Waals surface area contributed by atoms with Gasteiger partial charge in [-0.15, -0.1) is 0 Å². The van der Waals surface area contributed by atoms with Gasteiger partial charge in [0, 0.05) is 5.75 Å². The Hall–Kier alpha value is 0.0500. The molecule has 0 radical (unpaired) electrons. The van der Waals surface area contributed by atoms with Crippen LogP contribution in [0, 0.1) is 0 Å². The summed E-state index contributed by atoms with van der Waals surface area (Å²) in [5, 5.41) is 9.34. The van der Waals surface area contributed by atoms with Crippen LogP contribution in [0.4, 0.5) is 0 Å². The summed E-state index contributed by atoms with van der Waals surface area (Å²) < 4.78 is 0. The van der Waals surface area contributed by atoms with Crippen molar-refractivity contribution in [1.82, 2.24) is 0 Å². The van der Waals surface area contributed by atoms with Crippen molar-refractivity contribution in [2.75, 3.05) is 5.75 Å². The highest BCUT2D eigenvalue weighted by molar-refractivity contribution is 7.80. The largest absolute Gasteiger partial charge is 0.392 e. The van der Waals surface area contributed by atoms with Gasteiger partial charge < -0.3 is 5.11 Å². The van der Waals surface area contributed by atoms with Crippen LogP contribution in [0.1, 0.15) is 84.0 Å². The summed E-state index contributed by atoms with van der Waals surface area (Å²) in [5.74, 6) is 0.595. The van der Waals surface area contributed by atoms with Gasteiger partial charge in [0.1, 0.15) is 0 Å². The molecule has 114 valence electrons. The molecule has 0 fully saturated rings. The summed E-state index contributed by atoms with van der Waals surface area (Å²) in [5.41, 5.74) is 0. The Labute approximate surface area is 126 Å². The van der Waals surface area contributed by atoms with Crippen molar-refractivity contribution < 1.29 is 5.11 Å². The molecule has 0 aliphatic rings. The van der Waals surface area contributed by atoms with Gasteiger partial charge in [-0.3, -0.25) is 0 Å². The van der Waals surface area contributed by atoms with Crippen LogP contribution < -0.4 is 0 Å². The fourth-order valence-corrected chi connectivity index (χ4v) is 2.37. The highest BCUT2D eigenvalue weighted by Gasteiger charge is 1.99. The minimum absolute atomic E-state index is 0.202. The minimum atomic E-state index is -0.202. The zero-order chi connectivity index (χ0) is 14.2. The van der Waals surface area contributed by atoms with Gasteiger partial charge >= 0.3 is 0 Å². The van der Waals surface area contributed by atoms with E-state index in [1.165, 1.54) is 64.2 Å². The lowest BCUT2D eigenvalue weighted by molar-refractivity contribution is 0.185. The number of hydrogen-bond acceptors (Lipinski definition) is 2. The van der Waals surface area contributed by atoms with Crippen LogP contribution in [-0.4, -0.2) is 17.0 Å². The first-order valence-electron chi connectivity index (χ1n) is 8.25. The molecule has 1 nitrogen and oxygen atoms in total. The van der Waals surface area contributed by atoms with E-state index in [0.29, 0.717) is 5.75 Å². The fourth-order valence-electron chi connectivity index (χ4n) is 2.19. The summed E-state index contributed by atoms with van der Waals surface area (Å²) in [6, 6.07) is 0. The smallest absolute Gasteiger partial charge is 0.0628 e. The van der Waals surface area contributed by atoms with Crippen LogP contribution in [-0.2, 0) is 0 Å². The molecule has 0 saturated heterocycles. The number of rotatable bonds is 14. The highest BCUT2D eigenvalue weighted by Crippen LogP contribution is 2.09. The Kier molecular flexibility index (Phi) is 16.1. The van der Waals surface area contributed by atoms with Gasteiger partial charge in [-0.1, -0.05) is 64.0 Å². The summed E-state index contributed by atoms with van der Waals surface area (Å²) in [6.07, 6.45) is 19.8. The molecule has 1 unspecified atom stereocenters. The molecule has 1 N–H and O–H groups in total. The zero-order valence-electron chi connectivity index (χ0n) is 12.8. The number of unbranched alkanes of at least 4 members (excludes halogenated alkanes) is 9. The summed E-state index contributed by atoms with van der Waals surface area (Å²) in [7, 11) is 0. The average Bonchev–Trinajstić information content (AvgIpc) is 2.43. The third kappa shape index (κ3) is 16.0. The molecule has 0 aromatic heterocycles. The van der Waals surface area contributed by atoms with Crippen molar-refractivity contribution in [1.29, 1.82) is 0 Å². The SMILES string of the molecule is CCCCCCCC/C=C\CCCCCC(O)CS. The van der Waals surface area contributed by atoms with Crippen molar-refractivity contribution in [3.05, 3.63) is 12.2 Å². The maximum Gasteiger partial charge on any atom is 0.0628 e. The van der Waals surface area contributed by atoms with Crippen molar-refractivity contribution >= 4 is 12.6 Å². The molecule has 19 heavy (non-hydrogen) atoms. The van der Waals surface area contributed by atoms with E-state index >= 15 is 0 Å². The Morgan fingerprint density at radius 1 is 0.842 bits per heavy atom. The van der Waals surface area contributed by atoms with E-state index in [0.717, 1.165) is 12.8 Å². The minimum Gasteiger partial charge on any atom is -0.392 e. The van der Waals surface area contributed by atoms with Crippen molar-refractivity contribution in [3.63, 3.8) is 0 Å². The van der Waals surface area contributed by atoms with E-state index < -0.39 is 0 Å². The average molecular weight is 287 g/mol. The number of allylic oxidation sites excluding steroid dienone is 2. The van der Waals surface area contributed by atoms with E-state index in [1.54, 1.807) is 0 Å². The second kappa shape index (κ2) is 16.1. The Balaban J connectivity index is 3.09. The van der Waals surface area contributed by atoms with Crippen LogP contribution in [0.5, 0.6) is 0 Å². The van der Waals surface area contributed by atoms with Gasteiger partial charge in [-0.25, -0.2) is 0 Å². The molecule has 0 aliphatic heterocycles. The monoisotopic (exact) mass is 286 g/mol. The molecule has 0 heterocycles. The Bertz CT molecular complexity index is 192. The molecular weight excluding hydrogens is 252 g/mol. The summed E-state index contributed by atoms with van der Waals surface area (Å²) >= 11 is 4.07. The van der Waals surface area contributed by atoms with Crippen molar-refractivity contribution in [2.24, 2.45) is 0 Å². The van der Waals surface area contributed by atoms with Crippen LogP contribution in [0.2, 0.25) is 0 Å². The number of hydrogen-bond donors (Lipinski definition) is 2. The van der Waals surface area contributed by atoms with Gasteiger partial charge in [-0.05, 0) is 32.1 Å². The van der Waals surface area contributed by atoms with Gasteiger partial charge in [0.25, 0.3) is 0 Å². The maximum absolute atomic E-state index is 9.34. The van der Waals surface area contributed by atoms with E-state index in [9.17, 15) is 5.11 Å². The van der Waals surface area contributed by atoms with Gasteiger partial charge in [0.15, 0.2) is 0 Å². The van der Waals surface area contributed by atoms with Crippen LogP contribution >= 0.6 is 12.6 Å². The van der Waals surface area contributed by atoms with Gasteiger partial charge in [-0.2, -0.15) is 12.6 Å². The quantitative estimate of drug-likeness (QED) is 0.244. The third-order valence-corrected chi connectivity index (χ3v) is 3.93. The molecule has 0 bridgehead atoms. The lowest BCUT2D eigenvalue weighted by atomic mass is 10.1. The zero-order valence-corrected chi connectivity index (χ0v) is 13.7. The summed E-state index contributed by atoms with van der Waals surface area (Å²) in [6.45, 7) is 2.27. The van der Waals surface area contributed by atoms with E-state index in [4.69, 9.17) is 0 Å². The Morgan fingerprint density at radius 2 is 1.37 bits per heavy atom. The van der Waals surface area contributed by atoms with E-state index in [2.05, 4.69) is 31.7 Å². The fraction of sp³-hybridized carbons (Fsp3) is 0.882. The van der Waals surface area contributed by atoms with Gasteiger partial charge in [0.05, 0.1) is 6.10 Å². The second-order valence-corrected chi connectivity index (χ2v) is 5.87. The van der Waals surface area contributed by atoms with Crippen LogP contribution in [0.3, 0.4) is 0 Å². The van der Waals surface area contributed by atoms with E-state index in [-0.39, 0.29) is 6.10 Å². The first-order valence-corrected chi connectivity index (χ1v) is 8.88. The van der Waals surface area contributed by atoms with Crippen LogP contribution in [0.25, 0.3) is 0 Å². The lowest BCUT2D eigenvalue weighted by Crippen LogP contribution is -2.07.